The zero-order chi connectivity index (χ0) is 10.8. The first-order valence-electron chi connectivity index (χ1n) is 4.45. The number of amides is 1. The largest absolute Gasteiger partial charge is 0.471 e. The van der Waals surface area contributed by atoms with Crippen LogP contribution in [0.2, 0.25) is 0 Å². The Labute approximate surface area is 80.2 Å². The van der Waals surface area contributed by atoms with E-state index in [9.17, 15) is 18.0 Å². The second-order valence-electron chi connectivity index (χ2n) is 3.52. The SMILES string of the molecule is CC1C=C[C@H](NC(=O)C(F)(F)F)CC1. The molecule has 0 spiro atoms. The van der Waals surface area contributed by atoms with Gasteiger partial charge in [-0.15, -0.1) is 0 Å². The fourth-order valence-electron chi connectivity index (χ4n) is 1.33. The number of hydrogen-bond acceptors (Lipinski definition) is 1. The van der Waals surface area contributed by atoms with E-state index in [2.05, 4.69) is 0 Å². The summed E-state index contributed by atoms with van der Waals surface area (Å²) in [5, 5.41) is 1.93. The van der Waals surface area contributed by atoms with Crippen LogP contribution in [-0.2, 0) is 4.79 Å². The summed E-state index contributed by atoms with van der Waals surface area (Å²) in [6, 6.07) is -0.472. The Bertz CT molecular complexity index is 247. The normalized spacial score (nSPS) is 27.4. The van der Waals surface area contributed by atoms with Gasteiger partial charge in [-0.2, -0.15) is 13.2 Å². The Balaban J connectivity index is 2.46. The molecular formula is C9H12F3NO. The van der Waals surface area contributed by atoms with Crippen LogP contribution in [0.15, 0.2) is 12.2 Å². The van der Waals surface area contributed by atoms with Crippen molar-refractivity contribution in [3.05, 3.63) is 12.2 Å². The third kappa shape index (κ3) is 3.05. The molecule has 80 valence electrons. The van der Waals surface area contributed by atoms with E-state index >= 15 is 0 Å². The summed E-state index contributed by atoms with van der Waals surface area (Å²) in [5.41, 5.74) is 0. The average molecular weight is 207 g/mol. The van der Waals surface area contributed by atoms with Gasteiger partial charge in [0.15, 0.2) is 0 Å². The second-order valence-corrected chi connectivity index (χ2v) is 3.52. The smallest absolute Gasteiger partial charge is 0.342 e. The summed E-state index contributed by atoms with van der Waals surface area (Å²) >= 11 is 0. The molecule has 0 saturated carbocycles. The van der Waals surface area contributed by atoms with E-state index in [0.717, 1.165) is 6.42 Å². The van der Waals surface area contributed by atoms with Gasteiger partial charge >= 0.3 is 12.1 Å². The van der Waals surface area contributed by atoms with Crippen LogP contribution in [0, 0.1) is 5.92 Å². The predicted molar refractivity (Wildman–Crippen MR) is 45.5 cm³/mol. The van der Waals surface area contributed by atoms with Crippen LogP contribution < -0.4 is 5.32 Å². The van der Waals surface area contributed by atoms with Gasteiger partial charge in [0.2, 0.25) is 0 Å². The fraction of sp³-hybridized carbons (Fsp3) is 0.667. The van der Waals surface area contributed by atoms with E-state index in [4.69, 9.17) is 0 Å². The zero-order valence-corrected chi connectivity index (χ0v) is 7.77. The number of hydrogen-bond donors (Lipinski definition) is 1. The summed E-state index contributed by atoms with van der Waals surface area (Å²) in [6.45, 7) is 1.98. The molecule has 1 aliphatic carbocycles. The number of alkyl halides is 3. The number of rotatable bonds is 1. The number of carbonyl (C=O) groups is 1. The zero-order valence-electron chi connectivity index (χ0n) is 7.77. The van der Waals surface area contributed by atoms with Crippen LogP contribution in [-0.4, -0.2) is 18.1 Å². The van der Waals surface area contributed by atoms with E-state index in [-0.39, 0.29) is 0 Å². The highest BCUT2D eigenvalue weighted by atomic mass is 19.4. The molecule has 2 atom stereocenters. The molecule has 14 heavy (non-hydrogen) atoms. The molecule has 0 radical (unpaired) electrons. The lowest BCUT2D eigenvalue weighted by molar-refractivity contribution is -0.174. The summed E-state index contributed by atoms with van der Waals surface area (Å²) < 4.78 is 35.5. The third-order valence-electron chi connectivity index (χ3n) is 2.18. The molecule has 1 aliphatic rings. The average Bonchev–Trinajstić information content (AvgIpc) is 2.07. The molecule has 0 aromatic rings. The maximum Gasteiger partial charge on any atom is 0.471 e. The Kier molecular flexibility index (Phi) is 3.18. The molecule has 2 nitrogen and oxygen atoms in total. The molecule has 1 N–H and O–H groups in total. The second kappa shape index (κ2) is 4.02. The predicted octanol–water partition coefficient (Wildman–Crippen LogP) is 2.02. The van der Waals surface area contributed by atoms with Crippen LogP contribution in [0.3, 0.4) is 0 Å². The number of halogens is 3. The minimum atomic E-state index is -4.78. The van der Waals surface area contributed by atoms with Gasteiger partial charge in [0.05, 0.1) is 0 Å². The Hall–Kier alpha value is -1.00. The van der Waals surface area contributed by atoms with Crippen molar-refractivity contribution < 1.29 is 18.0 Å². The molecule has 1 unspecified atom stereocenters. The quantitative estimate of drug-likeness (QED) is 0.655. The highest BCUT2D eigenvalue weighted by Gasteiger charge is 2.39. The Morgan fingerprint density at radius 2 is 2.00 bits per heavy atom. The minimum absolute atomic E-state index is 0.383. The van der Waals surface area contributed by atoms with Crippen LogP contribution >= 0.6 is 0 Å². The van der Waals surface area contributed by atoms with Crippen molar-refractivity contribution in [2.75, 3.05) is 0 Å². The van der Waals surface area contributed by atoms with Gasteiger partial charge in [0.25, 0.3) is 0 Å². The van der Waals surface area contributed by atoms with Gasteiger partial charge in [-0.25, -0.2) is 0 Å². The molecule has 1 amide bonds. The van der Waals surface area contributed by atoms with Gasteiger partial charge in [-0.05, 0) is 18.8 Å². The van der Waals surface area contributed by atoms with E-state index in [1.54, 1.807) is 6.08 Å². The first kappa shape index (κ1) is 11.1. The van der Waals surface area contributed by atoms with Gasteiger partial charge in [-0.3, -0.25) is 4.79 Å². The molecule has 0 saturated heterocycles. The third-order valence-corrected chi connectivity index (χ3v) is 2.18. The lowest BCUT2D eigenvalue weighted by atomic mass is 9.94. The van der Waals surface area contributed by atoms with Crippen molar-refractivity contribution in [1.82, 2.24) is 5.32 Å². The van der Waals surface area contributed by atoms with Crippen molar-refractivity contribution >= 4 is 5.91 Å². The van der Waals surface area contributed by atoms with Gasteiger partial charge in [0, 0.05) is 6.04 Å². The standard InChI is InChI=1S/C9H12F3NO/c1-6-2-4-7(5-3-6)13-8(14)9(10,11)12/h2,4,6-7H,3,5H2,1H3,(H,13,14)/t6?,7-/m0/s1. The Morgan fingerprint density at radius 1 is 1.36 bits per heavy atom. The molecule has 0 aliphatic heterocycles. The molecule has 0 aromatic carbocycles. The van der Waals surface area contributed by atoms with Gasteiger partial charge < -0.3 is 5.32 Å². The molecule has 0 fully saturated rings. The first-order chi connectivity index (χ1) is 6.39. The van der Waals surface area contributed by atoms with Crippen molar-refractivity contribution in [2.45, 2.75) is 32.0 Å². The summed E-state index contributed by atoms with van der Waals surface area (Å²) in [4.78, 5) is 10.5. The highest BCUT2D eigenvalue weighted by molar-refractivity contribution is 5.82. The van der Waals surface area contributed by atoms with Crippen molar-refractivity contribution in [2.24, 2.45) is 5.92 Å². The summed E-state index contributed by atoms with van der Waals surface area (Å²) in [5.74, 6) is -1.48. The monoisotopic (exact) mass is 207 g/mol. The molecule has 0 heterocycles. The van der Waals surface area contributed by atoms with Crippen LogP contribution in [0.25, 0.3) is 0 Å². The van der Waals surface area contributed by atoms with Crippen LogP contribution in [0.5, 0.6) is 0 Å². The molecular weight excluding hydrogens is 195 g/mol. The van der Waals surface area contributed by atoms with Gasteiger partial charge in [0.1, 0.15) is 0 Å². The summed E-state index contributed by atoms with van der Waals surface area (Å²) in [7, 11) is 0. The maximum atomic E-state index is 11.8. The van der Waals surface area contributed by atoms with E-state index < -0.39 is 18.1 Å². The number of nitrogens with one attached hydrogen (secondary N) is 1. The molecule has 0 aromatic heterocycles. The van der Waals surface area contributed by atoms with E-state index in [1.165, 1.54) is 0 Å². The number of allylic oxidation sites excluding steroid dienone is 1. The van der Waals surface area contributed by atoms with E-state index in [0.29, 0.717) is 12.3 Å². The maximum absolute atomic E-state index is 11.8. The van der Waals surface area contributed by atoms with Crippen molar-refractivity contribution in [1.29, 1.82) is 0 Å². The lowest BCUT2D eigenvalue weighted by Gasteiger charge is -2.21. The van der Waals surface area contributed by atoms with Gasteiger partial charge in [-0.1, -0.05) is 19.1 Å². The molecule has 0 bridgehead atoms. The topological polar surface area (TPSA) is 29.1 Å². The van der Waals surface area contributed by atoms with Crippen LogP contribution in [0.4, 0.5) is 13.2 Å². The van der Waals surface area contributed by atoms with Crippen molar-refractivity contribution in [3.8, 4) is 0 Å². The Morgan fingerprint density at radius 3 is 2.43 bits per heavy atom. The molecule has 1 rings (SSSR count). The lowest BCUT2D eigenvalue weighted by Crippen LogP contribution is -2.43. The fourth-order valence-corrected chi connectivity index (χ4v) is 1.33. The van der Waals surface area contributed by atoms with Crippen molar-refractivity contribution in [3.63, 3.8) is 0 Å². The van der Waals surface area contributed by atoms with Crippen LogP contribution in [0.1, 0.15) is 19.8 Å². The highest BCUT2D eigenvalue weighted by Crippen LogP contribution is 2.19. The summed E-state index contributed by atoms with van der Waals surface area (Å²) in [6.07, 6.45) is 0.0400. The van der Waals surface area contributed by atoms with E-state index in [1.807, 2.05) is 18.3 Å². The minimum Gasteiger partial charge on any atom is -0.342 e. The first-order valence-corrected chi connectivity index (χ1v) is 4.45. The number of carbonyl (C=O) groups excluding carboxylic acids is 1. The molecule has 5 heteroatoms.